The third-order valence-corrected chi connectivity index (χ3v) is 4.94. The van der Waals surface area contributed by atoms with Crippen molar-refractivity contribution in [1.82, 2.24) is 15.1 Å². The summed E-state index contributed by atoms with van der Waals surface area (Å²) in [5.74, 6) is 0.977. The lowest BCUT2D eigenvalue weighted by Crippen LogP contribution is -2.56. The molecule has 0 bridgehead atoms. The SMILES string of the molecule is CCNC(=NCC1(O)CCCC1)N1CCN(C2CC2)C(=O)C1. The molecule has 1 saturated heterocycles. The number of carbonyl (C=O) groups is 1. The van der Waals surface area contributed by atoms with Crippen LogP contribution in [0.2, 0.25) is 0 Å². The molecular formula is C16H28N4O2. The highest BCUT2D eigenvalue weighted by molar-refractivity contribution is 5.88. The van der Waals surface area contributed by atoms with E-state index < -0.39 is 5.60 Å². The van der Waals surface area contributed by atoms with Crippen molar-refractivity contribution in [3.05, 3.63) is 0 Å². The van der Waals surface area contributed by atoms with E-state index in [-0.39, 0.29) is 5.91 Å². The zero-order valence-electron chi connectivity index (χ0n) is 13.6. The van der Waals surface area contributed by atoms with E-state index in [9.17, 15) is 9.90 Å². The molecule has 0 radical (unpaired) electrons. The lowest BCUT2D eigenvalue weighted by atomic mass is 10.0. The maximum Gasteiger partial charge on any atom is 0.242 e. The number of nitrogens with zero attached hydrogens (tertiary/aromatic N) is 3. The highest BCUT2D eigenvalue weighted by Crippen LogP contribution is 2.30. The van der Waals surface area contributed by atoms with Crippen LogP contribution in [0.25, 0.3) is 0 Å². The number of aliphatic hydroxyl groups is 1. The van der Waals surface area contributed by atoms with Crippen LogP contribution in [0.15, 0.2) is 4.99 Å². The van der Waals surface area contributed by atoms with Gasteiger partial charge in [0.2, 0.25) is 5.91 Å². The average Bonchev–Trinajstić information content (AvgIpc) is 3.25. The van der Waals surface area contributed by atoms with Crippen LogP contribution >= 0.6 is 0 Å². The first-order valence-corrected chi connectivity index (χ1v) is 8.66. The van der Waals surface area contributed by atoms with Crippen LogP contribution in [0, 0.1) is 0 Å². The van der Waals surface area contributed by atoms with Crippen LogP contribution in [-0.4, -0.2) is 71.1 Å². The summed E-state index contributed by atoms with van der Waals surface area (Å²) in [4.78, 5) is 20.9. The Morgan fingerprint density at radius 3 is 2.68 bits per heavy atom. The molecule has 2 aliphatic carbocycles. The fourth-order valence-electron chi connectivity index (χ4n) is 3.48. The van der Waals surface area contributed by atoms with E-state index in [2.05, 4.69) is 10.3 Å². The summed E-state index contributed by atoms with van der Waals surface area (Å²) in [6.45, 7) is 5.26. The number of hydrogen-bond donors (Lipinski definition) is 2. The minimum Gasteiger partial charge on any atom is -0.388 e. The molecule has 3 fully saturated rings. The molecule has 0 spiro atoms. The standard InChI is InChI=1S/C16H28N4O2/c1-2-17-15(18-12-16(22)7-3-4-8-16)19-9-10-20(13-5-6-13)14(21)11-19/h13,22H,2-12H2,1H3,(H,17,18). The summed E-state index contributed by atoms with van der Waals surface area (Å²) in [5, 5.41) is 13.7. The molecule has 2 saturated carbocycles. The van der Waals surface area contributed by atoms with Crippen molar-refractivity contribution >= 4 is 11.9 Å². The molecular weight excluding hydrogens is 280 g/mol. The van der Waals surface area contributed by atoms with Gasteiger partial charge in [0.05, 0.1) is 18.7 Å². The van der Waals surface area contributed by atoms with Crippen LogP contribution in [0.3, 0.4) is 0 Å². The van der Waals surface area contributed by atoms with Crippen molar-refractivity contribution in [3.63, 3.8) is 0 Å². The zero-order valence-corrected chi connectivity index (χ0v) is 13.6. The van der Waals surface area contributed by atoms with Crippen molar-refractivity contribution in [2.45, 2.75) is 57.1 Å². The van der Waals surface area contributed by atoms with Gasteiger partial charge in [0, 0.05) is 25.7 Å². The van der Waals surface area contributed by atoms with Crippen LogP contribution in [0.4, 0.5) is 0 Å². The van der Waals surface area contributed by atoms with Crippen molar-refractivity contribution < 1.29 is 9.90 Å². The van der Waals surface area contributed by atoms with Crippen molar-refractivity contribution in [2.24, 2.45) is 4.99 Å². The summed E-state index contributed by atoms with van der Waals surface area (Å²) >= 11 is 0. The summed E-state index contributed by atoms with van der Waals surface area (Å²) in [7, 11) is 0. The second-order valence-electron chi connectivity index (χ2n) is 6.84. The van der Waals surface area contributed by atoms with Gasteiger partial charge < -0.3 is 20.2 Å². The number of nitrogens with one attached hydrogen (secondary N) is 1. The third kappa shape index (κ3) is 3.54. The van der Waals surface area contributed by atoms with Gasteiger partial charge >= 0.3 is 0 Å². The maximum atomic E-state index is 12.3. The van der Waals surface area contributed by atoms with Gasteiger partial charge in [0.1, 0.15) is 0 Å². The van der Waals surface area contributed by atoms with Gasteiger partial charge in [-0.15, -0.1) is 0 Å². The molecule has 0 aromatic carbocycles. The minimum absolute atomic E-state index is 0.207. The second-order valence-corrected chi connectivity index (χ2v) is 6.84. The highest BCUT2D eigenvalue weighted by atomic mass is 16.3. The third-order valence-electron chi connectivity index (χ3n) is 4.94. The second kappa shape index (κ2) is 6.44. The Balaban J connectivity index is 1.61. The van der Waals surface area contributed by atoms with E-state index in [1.54, 1.807) is 0 Å². The summed E-state index contributed by atoms with van der Waals surface area (Å²) in [6.07, 6.45) is 6.16. The van der Waals surface area contributed by atoms with Gasteiger partial charge in [-0.3, -0.25) is 9.79 Å². The van der Waals surface area contributed by atoms with Gasteiger partial charge in [0.15, 0.2) is 5.96 Å². The molecule has 124 valence electrons. The Kier molecular flexibility index (Phi) is 4.57. The van der Waals surface area contributed by atoms with E-state index in [0.29, 0.717) is 19.1 Å². The molecule has 22 heavy (non-hydrogen) atoms. The Hall–Kier alpha value is -1.30. The Labute approximate surface area is 132 Å². The number of aliphatic imine (C=N–C) groups is 1. The molecule has 0 atom stereocenters. The van der Waals surface area contributed by atoms with Crippen molar-refractivity contribution in [3.8, 4) is 0 Å². The first-order valence-electron chi connectivity index (χ1n) is 8.66. The molecule has 3 rings (SSSR count). The van der Waals surface area contributed by atoms with Crippen molar-refractivity contribution in [2.75, 3.05) is 32.7 Å². The number of rotatable bonds is 4. The first-order chi connectivity index (χ1) is 10.6. The predicted molar refractivity (Wildman–Crippen MR) is 85.7 cm³/mol. The average molecular weight is 308 g/mol. The number of hydrogen-bond acceptors (Lipinski definition) is 3. The topological polar surface area (TPSA) is 68.2 Å². The Morgan fingerprint density at radius 2 is 2.09 bits per heavy atom. The van der Waals surface area contributed by atoms with Gasteiger partial charge in [0.25, 0.3) is 0 Å². The van der Waals surface area contributed by atoms with Crippen LogP contribution in [0.1, 0.15) is 45.4 Å². The summed E-state index contributed by atoms with van der Waals surface area (Å²) in [6, 6.07) is 0.494. The maximum absolute atomic E-state index is 12.3. The van der Waals surface area contributed by atoms with Crippen LogP contribution < -0.4 is 5.32 Å². The smallest absolute Gasteiger partial charge is 0.242 e. The van der Waals surface area contributed by atoms with E-state index in [0.717, 1.165) is 64.1 Å². The molecule has 1 heterocycles. The quantitative estimate of drug-likeness (QED) is 0.588. The molecule has 1 aliphatic heterocycles. The summed E-state index contributed by atoms with van der Waals surface area (Å²) in [5.41, 5.74) is -0.638. The molecule has 0 aromatic rings. The fraction of sp³-hybridized carbons (Fsp3) is 0.875. The van der Waals surface area contributed by atoms with Crippen molar-refractivity contribution in [1.29, 1.82) is 0 Å². The van der Waals surface area contributed by atoms with E-state index in [1.165, 1.54) is 0 Å². The molecule has 3 aliphatic rings. The predicted octanol–water partition coefficient (Wildman–Crippen LogP) is 0.564. The number of piperazine rings is 1. The molecule has 6 nitrogen and oxygen atoms in total. The number of guanidine groups is 1. The van der Waals surface area contributed by atoms with E-state index in [4.69, 9.17) is 0 Å². The summed E-state index contributed by atoms with van der Waals surface area (Å²) < 4.78 is 0. The lowest BCUT2D eigenvalue weighted by molar-refractivity contribution is -0.135. The van der Waals surface area contributed by atoms with Crippen LogP contribution in [0.5, 0.6) is 0 Å². The molecule has 0 aromatic heterocycles. The Morgan fingerprint density at radius 1 is 1.36 bits per heavy atom. The molecule has 6 heteroatoms. The monoisotopic (exact) mass is 308 g/mol. The van der Waals surface area contributed by atoms with E-state index in [1.807, 2.05) is 16.7 Å². The minimum atomic E-state index is -0.638. The van der Waals surface area contributed by atoms with Gasteiger partial charge in [-0.05, 0) is 32.6 Å². The fourth-order valence-corrected chi connectivity index (χ4v) is 3.48. The van der Waals surface area contributed by atoms with Gasteiger partial charge in [-0.25, -0.2) is 0 Å². The normalized spacial score (nSPS) is 25.7. The molecule has 0 unspecified atom stereocenters. The highest BCUT2D eigenvalue weighted by Gasteiger charge is 2.36. The van der Waals surface area contributed by atoms with E-state index >= 15 is 0 Å². The molecule has 1 amide bonds. The van der Waals surface area contributed by atoms with Crippen LogP contribution in [-0.2, 0) is 4.79 Å². The number of amides is 1. The lowest BCUT2D eigenvalue weighted by Gasteiger charge is -2.36. The largest absolute Gasteiger partial charge is 0.388 e. The number of carbonyl (C=O) groups excluding carboxylic acids is 1. The molecule has 2 N–H and O–H groups in total. The Bertz CT molecular complexity index is 441. The first kappa shape index (κ1) is 15.6. The van der Waals surface area contributed by atoms with Gasteiger partial charge in [-0.2, -0.15) is 0 Å². The van der Waals surface area contributed by atoms with Gasteiger partial charge in [-0.1, -0.05) is 12.8 Å². The zero-order chi connectivity index (χ0) is 15.6.